The number of benzene rings is 2. The van der Waals surface area contributed by atoms with E-state index in [4.69, 9.17) is 9.47 Å². The number of anilines is 1. The van der Waals surface area contributed by atoms with Gasteiger partial charge in [0.1, 0.15) is 5.75 Å². The van der Waals surface area contributed by atoms with E-state index >= 15 is 0 Å². The molecule has 34 heavy (non-hydrogen) atoms. The second kappa shape index (κ2) is 10.3. The Morgan fingerprint density at radius 2 is 1.76 bits per heavy atom. The molecule has 2 aromatic carbocycles. The Balaban J connectivity index is 1.33. The number of fused-ring (bicyclic) bond motifs is 1. The van der Waals surface area contributed by atoms with E-state index in [0.29, 0.717) is 38.6 Å². The predicted octanol–water partition coefficient (Wildman–Crippen LogP) is 3.08. The number of thiophene rings is 1. The Morgan fingerprint density at radius 3 is 2.53 bits per heavy atom. The molecule has 1 aromatic heterocycles. The smallest absolute Gasteiger partial charge is 0.265 e. The number of amides is 2. The first-order chi connectivity index (χ1) is 16.7. The van der Waals surface area contributed by atoms with Gasteiger partial charge in [-0.1, -0.05) is 48.5 Å². The van der Waals surface area contributed by atoms with E-state index in [1.807, 2.05) is 77.0 Å². The van der Waals surface area contributed by atoms with Crippen LogP contribution in [0.3, 0.4) is 0 Å². The summed E-state index contributed by atoms with van der Waals surface area (Å²) in [4.78, 5) is 31.2. The third-order valence-electron chi connectivity index (χ3n) is 6.06. The molecule has 2 aliphatic rings. The summed E-state index contributed by atoms with van der Waals surface area (Å²) in [5, 5.41) is 5.21. The van der Waals surface area contributed by atoms with Gasteiger partial charge in [0.25, 0.3) is 5.91 Å². The molecular formula is C26H27N3O4S. The van der Waals surface area contributed by atoms with Crippen molar-refractivity contribution in [3.63, 3.8) is 0 Å². The van der Waals surface area contributed by atoms with Crippen molar-refractivity contribution in [1.82, 2.24) is 10.2 Å². The molecule has 1 N–H and O–H groups in total. The van der Waals surface area contributed by atoms with Crippen LogP contribution in [0.1, 0.15) is 16.5 Å². The molecule has 7 nitrogen and oxygen atoms in total. The third kappa shape index (κ3) is 4.93. The van der Waals surface area contributed by atoms with Crippen LogP contribution in [-0.2, 0) is 14.3 Å². The molecule has 0 radical (unpaired) electrons. The average Bonchev–Trinajstić information content (AvgIpc) is 3.42. The number of morpholine rings is 1. The monoisotopic (exact) mass is 477 g/mol. The molecule has 3 heterocycles. The molecule has 176 valence electrons. The fourth-order valence-electron chi connectivity index (χ4n) is 4.37. The van der Waals surface area contributed by atoms with Crippen molar-refractivity contribution < 1.29 is 19.1 Å². The van der Waals surface area contributed by atoms with Gasteiger partial charge in [-0.25, -0.2) is 0 Å². The van der Waals surface area contributed by atoms with Crippen LogP contribution in [0.4, 0.5) is 5.69 Å². The zero-order chi connectivity index (χ0) is 23.3. The Hall–Kier alpha value is -3.36. The van der Waals surface area contributed by atoms with Crippen molar-refractivity contribution in [3.05, 3.63) is 82.6 Å². The first-order valence-corrected chi connectivity index (χ1v) is 12.3. The largest absolute Gasteiger partial charge is 0.477 e. The average molecular weight is 478 g/mol. The van der Waals surface area contributed by atoms with Gasteiger partial charge >= 0.3 is 0 Å². The predicted molar refractivity (Wildman–Crippen MR) is 131 cm³/mol. The van der Waals surface area contributed by atoms with E-state index in [0.717, 1.165) is 16.1 Å². The van der Waals surface area contributed by atoms with Crippen LogP contribution in [0, 0.1) is 0 Å². The Labute approximate surface area is 202 Å². The van der Waals surface area contributed by atoms with E-state index in [2.05, 4.69) is 5.32 Å². The molecule has 2 amide bonds. The van der Waals surface area contributed by atoms with Crippen LogP contribution >= 0.6 is 11.3 Å². The summed E-state index contributed by atoms with van der Waals surface area (Å²) in [6, 6.07) is 21.3. The maximum Gasteiger partial charge on any atom is 0.265 e. The number of nitrogens with zero attached hydrogens (tertiary/aromatic N) is 2. The molecule has 2 atom stereocenters. The van der Waals surface area contributed by atoms with Gasteiger partial charge in [0.05, 0.1) is 38.0 Å². The van der Waals surface area contributed by atoms with Crippen molar-refractivity contribution in [1.29, 1.82) is 0 Å². The number of ether oxygens (including phenoxy) is 2. The lowest BCUT2D eigenvalue weighted by molar-refractivity contribution is -0.142. The molecule has 2 aliphatic heterocycles. The van der Waals surface area contributed by atoms with Crippen molar-refractivity contribution >= 4 is 28.8 Å². The molecule has 8 heteroatoms. The molecule has 5 rings (SSSR count). The Morgan fingerprint density at radius 1 is 1.00 bits per heavy atom. The fourth-order valence-corrected chi connectivity index (χ4v) is 5.17. The highest BCUT2D eigenvalue weighted by Crippen LogP contribution is 2.33. The zero-order valence-electron chi connectivity index (χ0n) is 18.8. The number of para-hydroxylation sites is 2. The number of rotatable bonds is 6. The molecule has 1 saturated heterocycles. The van der Waals surface area contributed by atoms with Crippen LogP contribution < -0.4 is 15.0 Å². The van der Waals surface area contributed by atoms with Crippen molar-refractivity contribution in [2.45, 2.75) is 12.1 Å². The first-order valence-electron chi connectivity index (χ1n) is 11.4. The molecular weight excluding hydrogens is 450 g/mol. The lowest BCUT2D eigenvalue weighted by Gasteiger charge is -2.38. The van der Waals surface area contributed by atoms with E-state index in [-0.39, 0.29) is 24.4 Å². The van der Waals surface area contributed by atoms with Crippen molar-refractivity contribution in [2.24, 2.45) is 0 Å². The number of hydrogen-bond donors (Lipinski definition) is 1. The second-order valence-electron chi connectivity index (χ2n) is 8.32. The summed E-state index contributed by atoms with van der Waals surface area (Å²) in [6.07, 6.45) is -0.664. The second-order valence-corrected chi connectivity index (χ2v) is 9.30. The Bertz CT molecular complexity index is 1120. The lowest BCUT2D eigenvalue weighted by atomic mass is 10.1. The van der Waals surface area contributed by atoms with Crippen LogP contribution in [0.25, 0.3) is 0 Å². The maximum absolute atomic E-state index is 13.3. The van der Waals surface area contributed by atoms with Crippen molar-refractivity contribution in [3.8, 4) is 5.75 Å². The Kier molecular flexibility index (Phi) is 6.78. The summed E-state index contributed by atoms with van der Waals surface area (Å²) in [6.45, 7) is 2.62. The lowest BCUT2D eigenvalue weighted by Crippen LogP contribution is -2.54. The highest BCUT2D eigenvalue weighted by atomic mass is 32.1. The summed E-state index contributed by atoms with van der Waals surface area (Å²) < 4.78 is 11.4. The van der Waals surface area contributed by atoms with Gasteiger partial charge in [-0.2, -0.15) is 0 Å². The maximum atomic E-state index is 13.3. The fraction of sp³-hybridized carbons (Fsp3) is 0.308. The minimum absolute atomic E-state index is 0.0658. The van der Waals surface area contributed by atoms with E-state index < -0.39 is 6.10 Å². The molecule has 3 aromatic rings. The number of hydrogen-bond acceptors (Lipinski definition) is 6. The minimum Gasteiger partial charge on any atom is -0.477 e. The topological polar surface area (TPSA) is 71.1 Å². The van der Waals surface area contributed by atoms with Gasteiger partial charge in [-0.15, -0.1) is 11.3 Å². The molecule has 0 saturated carbocycles. The number of carbonyl (C=O) groups is 2. The van der Waals surface area contributed by atoms with Crippen LogP contribution in [0.2, 0.25) is 0 Å². The van der Waals surface area contributed by atoms with E-state index in [1.165, 1.54) is 0 Å². The molecule has 0 spiro atoms. The normalized spacial score (nSPS) is 18.5. The highest BCUT2D eigenvalue weighted by molar-refractivity contribution is 7.10. The highest BCUT2D eigenvalue weighted by Gasteiger charge is 2.35. The number of carbonyl (C=O) groups excluding carboxylic acids is 2. The summed E-state index contributed by atoms with van der Waals surface area (Å²) in [5.41, 5.74) is 1.84. The van der Waals surface area contributed by atoms with Gasteiger partial charge in [-0.3, -0.25) is 9.59 Å². The van der Waals surface area contributed by atoms with Crippen LogP contribution in [0.5, 0.6) is 5.75 Å². The summed E-state index contributed by atoms with van der Waals surface area (Å²) in [7, 11) is 0. The molecule has 0 aliphatic carbocycles. The molecule has 0 unspecified atom stereocenters. The summed E-state index contributed by atoms with van der Waals surface area (Å²) >= 11 is 1.61. The zero-order valence-corrected chi connectivity index (χ0v) is 19.6. The van der Waals surface area contributed by atoms with Gasteiger partial charge in [0.15, 0.2) is 6.10 Å². The minimum atomic E-state index is -0.664. The van der Waals surface area contributed by atoms with Gasteiger partial charge in [0.2, 0.25) is 5.91 Å². The molecule has 0 bridgehead atoms. The first kappa shape index (κ1) is 22.4. The SMILES string of the molecule is O=C(CN1C[C@H](C(=O)N2CCOCC2)Oc2ccccc21)N[C@H](c1ccccc1)c1cccs1. The van der Waals surface area contributed by atoms with Crippen LogP contribution in [0.15, 0.2) is 72.1 Å². The van der Waals surface area contributed by atoms with E-state index in [1.54, 1.807) is 16.2 Å². The van der Waals surface area contributed by atoms with Gasteiger partial charge < -0.3 is 24.6 Å². The van der Waals surface area contributed by atoms with Crippen LogP contribution in [-0.4, -0.2) is 62.2 Å². The quantitative estimate of drug-likeness (QED) is 0.591. The summed E-state index contributed by atoms with van der Waals surface area (Å²) in [5.74, 6) is 0.437. The van der Waals surface area contributed by atoms with Gasteiger partial charge in [0, 0.05) is 18.0 Å². The van der Waals surface area contributed by atoms with E-state index in [9.17, 15) is 9.59 Å². The number of nitrogens with one attached hydrogen (secondary N) is 1. The van der Waals surface area contributed by atoms with Crippen molar-refractivity contribution in [2.75, 3.05) is 44.3 Å². The molecule has 1 fully saturated rings. The van der Waals surface area contributed by atoms with Gasteiger partial charge in [-0.05, 0) is 29.1 Å². The standard InChI is InChI=1S/C26H27N3O4S/c30-24(27-25(23-11-6-16-34-23)19-7-2-1-3-8-19)18-29-17-22(26(31)28-12-14-32-15-13-28)33-21-10-5-4-9-20(21)29/h1-11,16,22,25H,12-15,17-18H2,(H,27,30)/t22-,25-/m1/s1. The third-order valence-corrected chi connectivity index (χ3v) is 7.00.